The van der Waals surface area contributed by atoms with Crippen molar-refractivity contribution in [1.29, 1.82) is 0 Å². The van der Waals surface area contributed by atoms with Crippen LogP contribution in [-0.2, 0) is 13.1 Å². The van der Waals surface area contributed by atoms with E-state index in [1.165, 1.54) is 30.2 Å². The Hall–Kier alpha value is -1.32. The van der Waals surface area contributed by atoms with Gasteiger partial charge in [-0.25, -0.2) is 0 Å². The van der Waals surface area contributed by atoms with Crippen molar-refractivity contribution in [3.8, 4) is 0 Å². The van der Waals surface area contributed by atoms with Crippen LogP contribution in [0.15, 0.2) is 28.7 Å². The molecule has 20 heavy (non-hydrogen) atoms. The molecule has 0 unspecified atom stereocenters. The Labute approximate surface area is 120 Å². The minimum atomic E-state index is 0.712. The molecule has 0 atom stereocenters. The largest absolute Gasteiger partial charge is 0.459 e. The summed E-state index contributed by atoms with van der Waals surface area (Å²) in [7, 11) is 2.18. The van der Waals surface area contributed by atoms with Gasteiger partial charge in [-0.05, 0) is 38.9 Å². The first-order valence-corrected chi connectivity index (χ1v) is 7.69. The van der Waals surface area contributed by atoms with Crippen LogP contribution in [0.5, 0.6) is 0 Å². The molecule has 0 bridgehead atoms. The molecule has 1 saturated carbocycles. The fourth-order valence-corrected chi connectivity index (χ4v) is 2.72. The topological polar surface area (TPSA) is 28.4 Å². The Morgan fingerprint density at radius 2 is 2.10 bits per heavy atom. The van der Waals surface area contributed by atoms with E-state index in [4.69, 9.17) is 4.42 Å². The van der Waals surface area contributed by atoms with Gasteiger partial charge in [0.25, 0.3) is 0 Å². The molecule has 1 N–H and O–H groups in total. The van der Waals surface area contributed by atoms with Gasteiger partial charge in [0.2, 0.25) is 0 Å². The molecule has 1 fully saturated rings. The van der Waals surface area contributed by atoms with E-state index >= 15 is 0 Å². The smallest absolute Gasteiger partial charge is 0.134 e. The third kappa shape index (κ3) is 3.05. The van der Waals surface area contributed by atoms with Crippen molar-refractivity contribution >= 4 is 11.0 Å². The zero-order valence-electron chi connectivity index (χ0n) is 12.5. The molecule has 1 aromatic carbocycles. The van der Waals surface area contributed by atoms with Crippen molar-refractivity contribution in [1.82, 2.24) is 10.2 Å². The second-order valence-corrected chi connectivity index (χ2v) is 5.89. The summed E-state index contributed by atoms with van der Waals surface area (Å²) in [6.07, 6.45) is 3.80. The van der Waals surface area contributed by atoms with E-state index in [9.17, 15) is 0 Å². The fourth-order valence-electron chi connectivity index (χ4n) is 2.72. The quantitative estimate of drug-likeness (QED) is 0.836. The monoisotopic (exact) mass is 272 g/mol. The molecule has 0 aliphatic heterocycles. The highest BCUT2D eigenvalue weighted by Gasteiger charge is 2.22. The van der Waals surface area contributed by atoms with E-state index in [1.54, 1.807) is 0 Å². The summed E-state index contributed by atoms with van der Waals surface area (Å²) in [6, 6.07) is 9.10. The summed E-state index contributed by atoms with van der Waals surface area (Å²) < 4.78 is 6.07. The number of hydrogen-bond donors (Lipinski definition) is 1. The van der Waals surface area contributed by atoms with Crippen LogP contribution in [0.3, 0.4) is 0 Å². The van der Waals surface area contributed by atoms with Crippen molar-refractivity contribution in [2.45, 2.75) is 45.3 Å². The third-order valence-corrected chi connectivity index (χ3v) is 3.94. The number of furan rings is 1. The number of rotatable bonds is 7. The lowest BCUT2D eigenvalue weighted by Gasteiger charge is -2.15. The van der Waals surface area contributed by atoms with Gasteiger partial charge in [-0.3, -0.25) is 0 Å². The molecule has 1 aliphatic carbocycles. The van der Waals surface area contributed by atoms with Crippen molar-refractivity contribution in [3.63, 3.8) is 0 Å². The molecule has 0 amide bonds. The molecule has 1 aromatic heterocycles. The van der Waals surface area contributed by atoms with Gasteiger partial charge >= 0.3 is 0 Å². The van der Waals surface area contributed by atoms with Gasteiger partial charge in [0.05, 0.1) is 6.54 Å². The van der Waals surface area contributed by atoms with Gasteiger partial charge in [-0.1, -0.05) is 25.1 Å². The molecule has 0 radical (unpaired) electrons. The normalized spacial score (nSPS) is 15.3. The summed E-state index contributed by atoms with van der Waals surface area (Å²) in [5, 5.41) is 4.83. The van der Waals surface area contributed by atoms with Gasteiger partial charge < -0.3 is 14.6 Å². The highest BCUT2D eigenvalue weighted by Crippen LogP contribution is 2.28. The number of nitrogens with one attached hydrogen (secondary N) is 1. The maximum atomic E-state index is 6.07. The van der Waals surface area contributed by atoms with E-state index in [-0.39, 0.29) is 0 Å². The zero-order chi connectivity index (χ0) is 13.9. The van der Waals surface area contributed by atoms with E-state index in [0.29, 0.717) is 6.04 Å². The Kier molecular flexibility index (Phi) is 4.08. The second kappa shape index (κ2) is 5.98. The molecule has 3 heteroatoms. The summed E-state index contributed by atoms with van der Waals surface area (Å²) in [4.78, 5) is 2.37. The van der Waals surface area contributed by atoms with Crippen LogP contribution >= 0.6 is 0 Å². The van der Waals surface area contributed by atoms with Crippen molar-refractivity contribution < 1.29 is 4.42 Å². The molecule has 2 aromatic rings. The number of benzene rings is 1. The number of nitrogens with zero attached hydrogens (tertiary/aromatic N) is 1. The standard InChI is InChI=1S/C17H24N2O/c1-3-10-19(2)12-15-14-6-4-5-7-16(14)20-17(15)11-18-13-8-9-13/h4-7,13,18H,3,8-12H2,1-2H3. The molecule has 0 spiro atoms. The Morgan fingerprint density at radius 1 is 1.30 bits per heavy atom. The first-order chi connectivity index (χ1) is 9.78. The van der Waals surface area contributed by atoms with Gasteiger partial charge in [0.15, 0.2) is 0 Å². The highest BCUT2D eigenvalue weighted by atomic mass is 16.3. The number of fused-ring (bicyclic) bond motifs is 1. The highest BCUT2D eigenvalue weighted by molar-refractivity contribution is 5.82. The molecule has 1 aliphatic rings. The van der Waals surface area contributed by atoms with Gasteiger partial charge in [0.1, 0.15) is 11.3 Å². The maximum absolute atomic E-state index is 6.07. The van der Waals surface area contributed by atoms with Crippen molar-refractivity contribution in [2.75, 3.05) is 13.6 Å². The van der Waals surface area contributed by atoms with E-state index in [2.05, 4.69) is 42.4 Å². The number of para-hydroxylation sites is 1. The lowest BCUT2D eigenvalue weighted by molar-refractivity contribution is 0.324. The van der Waals surface area contributed by atoms with Crippen LogP contribution in [0.2, 0.25) is 0 Å². The maximum Gasteiger partial charge on any atom is 0.134 e. The van der Waals surface area contributed by atoms with Crippen LogP contribution in [0, 0.1) is 0 Å². The molecule has 108 valence electrons. The summed E-state index contributed by atoms with van der Waals surface area (Å²) in [5.74, 6) is 1.11. The van der Waals surface area contributed by atoms with Crippen LogP contribution in [0.1, 0.15) is 37.5 Å². The SMILES string of the molecule is CCCN(C)Cc1c(CNC2CC2)oc2ccccc12. The lowest BCUT2D eigenvalue weighted by atomic mass is 10.1. The molecule has 1 heterocycles. The van der Waals surface area contributed by atoms with Gasteiger partial charge in [-0.15, -0.1) is 0 Å². The van der Waals surface area contributed by atoms with E-state index in [1.807, 2.05) is 6.07 Å². The Balaban J connectivity index is 1.85. The van der Waals surface area contributed by atoms with Gasteiger partial charge in [0, 0.05) is 23.5 Å². The minimum absolute atomic E-state index is 0.712. The molecular weight excluding hydrogens is 248 g/mol. The second-order valence-electron chi connectivity index (χ2n) is 5.89. The van der Waals surface area contributed by atoms with E-state index in [0.717, 1.165) is 31.0 Å². The predicted molar refractivity (Wildman–Crippen MR) is 82.7 cm³/mol. The summed E-state index contributed by atoms with van der Waals surface area (Å²) in [5.41, 5.74) is 2.37. The van der Waals surface area contributed by atoms with Crippen LogP contribution in [0.4, 0.5) is 0 Å². The number of hydrogen-bond acceptors (Lipinski definition) is 3. The van der Waals surface area contributed by atoms with Crippen LogP contribution in [0.25, 0.3) is 11.0 Å². The lowest BCUT2D eigenvalue weighted by Crippen LogP contribution is -2.21. The first-order valence-electron chi connectivity index (χ1n) is 7.69. The minimum Gasteiger partial charge on any atom is -0.459 e. The molecular formula is C17H24N2O. The predicted octanol–water partition coefficient (Wildman–Crippen LogP) is 3.53. The summed E-state index contributed by atoms with van der Waals surface area (Å²) in [6.45, 7) is 5.16. The summed E-state index contributed by atoms with van der Waals surface area (Å²) >= 11 is 0. The van der Waals surface area contributed by atoms with Crippen LogP contribution in [-0.4, -0.2) is 24.5 Å². The third-order valence-electron chi connectivity index (χ3n) is 3.94. The van der Waals surface area contributed by atoms with Gasteiger partial charge in [-0.2, -0.15) is 0 Å². The molecule has 3 rings (SSSR count). The Morgan fingerprint density at radius 3 is 2.85 bits per heavy atom. The molecule has 0 saturated heterocycles. The average molecular weight is 272 g/mol. The zero-order valence-corrected chi connectivity index (χ0v) is 12.5. The molecule has 3 nitrogen and oxygen atoms in total. The van der Waals surface area contributed by atoms with Crippen LogP contribution < -0.4 is 5.32 Å². The first kappa shape index (κ1) is 13.7. The van der Waals surface area contributed by atoms with Crippen molar-refractivity contribution in [3.05, 3.63) is 35.6 Å². The fraction of sp³-hybridized carbons (Fsp3) is 0.529. The van der Waals surface area contributed by atoms with E-state index < -0.39 is 0 Å². The Bertz CT molecular complexity index is 571. The average Bonchev–Trinajstić information content (AvgIpc) is 3.21. The van der Waals surface area contributed by atoms with Crippen molar-refractivity contribution in [2.24, 2.45) is 0 Å².